The van der Waals surface area contributed by atoms with Gasteiger partial charge in [0.2, 0.25) is 0 Å². The van der Waals surface area contributed by atoms with Gasteiger partial charge < -0.3 is 10.4 Å². The molecule has 1 aromatic carbocycles. The van der Waals surface area contributed by atoms with Gasteiger partial charge in [0, 0.05) is 11.1 Å². The molecule has 1 aromatic rings. The Morgan fingerprint density at radius 1 is 1.41 bits per heavy atom. The molecule has 0 radical (unpaired) electrons. The first-order chi connectivity index (χ1) is 7.94. The van der Waals surface area contributed by atoms with Crippen LogP contribution in [0.15, 0.2) is 12.1 Å². The number of hydrogen-bond acceptors (Lipinski definition) is 2. The Morgan fingerprint density at radius 3 is 2.65 bits per heavy atom. The number of hydrogen-bond donors (Lipinski definition) is 2. The van der Waals surface area contributed by atoms with E-state index < -0.39 is 0 Å². The van der Waals surface area contributed by atoms with E-state index >= 15 is 0 Å². The molecule has 0 amide bonds. The van der Waals surface area contributed by atoms with Crippen molar-refractivity contribution in [2.24, 2.45) is 0 Å². The van der Waals surface area contributed by atoms with Gasteiger partial charge in [-0.2, -0.15) is 0 Å². The first kappa shape index (κ1) is 12.7. The Bertz CT molecular complexity index is 422. The molecule has 1 atom stereocenters. The molecule has 0 aromatic heterocycles. The fraction of sp³-hybridized carbons (Fsp3) is 0.571. The lowest BCUT2D eigenvalue weighted by Crippen LogP contribution is -2.33. The van der Waals surface area contributed by atoms with Crippen LogP contribution in [0.5, 0.6) is 5.75 Å². The SMILES string of the molecule is CC(C)c1cc(Cl)c(O)c(C2(C)CCCN2)c1. The van der Waals surface area contributed by atoms with Gasteiger partial charge in [0.05, 0.1) is 5.02 Å². The Balaban J connectivity index is 2.52. The second kappa shape index (κ2) is 4.51. The largest absolute Gasteiger partial charge is 0.506 e. The number of phenols is 1. The molecule has 1 saturated heterocycles. The summed E-state index contributed by atoms with van der Waals surface area (Å²) in [5.74, 6) is 0.643. The second-order valence-electron chi connectivity index (χ2n) is 5.42. The molecule has 1 aliphatic heterocycles. The summed E-state index contributed by atoms with van der Waals surface area (Å²) in [4.78, 5) is 0. The van der Waals surface area contributed by atoms with Crippen molar-refractivity contribution in [3.8, 4) is 5.75 Å². The molecule has 0 saturated carbocycles. The van der Waals surface area contributed by atoms with Gasteiger partial charge in [0.15, 0.2) is 0 Å². The van der Waals surface area contributed by atoms with Gasteiger partial charge in [-0.05, 0) is 49.9 Å². The number of phenolic OH excluding ortho intramolecular Hbond substituents is 1. The quantitative estimate of drug-likeness (QED) is 0.841. The number of halogens is 1. The van der Waals surface area contributed by atoms with Crippen LogP contribution in [0, 0.1) is 0 Å². The van der Waals surface area contributed by atoms with Crippen molar-refractivity contribution in [2.75, 3.05) is 6.54 Å². The highest BCUT2D eigenvalue weighted by atomic mass is 35.5. The van der Waals surface area contributed by atoms with Crippen molar-refractivity contribution in [3.63, 3.8) is 0 Å². The van der Waals surface area contributed by atoms with Crippen LogP contribution in [0.25, 0.3) is 0 Å². The highest BCUT2D eigenvalue weighted by molar-refractivity contribution is 6.32. The molecule has 0 spiro atoms. The molecule has 2 N–H and O–H groups in total. The smallest absolute Gasteiger partial charge is 0.139 e. The summed E-state index contributed by atoms with van der Waals surface area (Å²) in [7, 11) is 0. The van der Waals surface area contributed by atoms with E-state index in [0.717, 1.165) is 24.9 Å². The van der Waals surface area contributed by atoms with Crippen molar-refractivity contribution in [3.05, 3.63) is 28.3 Å². The fourth-order valence-electron chi connectivity index (χ4n) is 2.50. The van der Waals surface area contributed by atoms with Crippen molar-refractivity contribution in [2.45, 2.75) is 45.1 Å². The zero-order valence-corrected chi connectivity index (χ0v) is 11.4. The molecule has 1 fully saturated rings. The molecule has 1 heterocycles. The third kappa shape index (κ3) is 2.29. The number of rotatable bonds is 2. The van der Waals surface area contributed by atoms with Crippen LogP contribution < -0.4 is 5.32 Å². The molecule has 2 rings (SSSR count). The average molecular weight is 254 g/mol. The topological polar surface area (TPSA) is 32.3 Å². The zero-order valence-electron chi connectivity index (χ0n) is 10.7. The first-order valence-electron chi connectivity index (χ1n) is 6.22. The maximum absolute atomic E-state index is 10.2. The third-order valence-corrected chi connectivity index (χ3v) is 4.00. The Kier molecular flexibility index (Phi) is 3.37. The van der Waals surface area contributed by atoms with Gasteiger partial charge in [-0.3, -0.25) is 0 Å². The minimum atomic E-state index is -0.140. The maximum atomic E-state index is 10.2. The van der Waals surface area contributed by atoms with Gasteiger partial charge >= 0.3 is 0 Å². The van der Waals surface area contributed by atoms with Gasteiger partial charge in [-0.15, -0.1) is 0 Å². The summed E-state index contributed by atoms with van der Waals surface area (Å²) >= 11 is 6.13. The number of aromatic hydroxyl groups is 1. The lowest BCUT2D eigenvalue weighted by atomic mass is 9.87. The van der Waals surface area contributed by atoms with Crippen LogP contribution in [0.3, 0.4) is 0 Å². The number of benzene rings is 1. The van der Waals surface area contributed by atoms with Crippen molar-refractivity contribution >= 4 is 11.6 Å². The molecule has 0 bridgehead atoms. The highest BCUT2D eigenvalue weighted by Gasteiger charge is 2.33. The predicted molar refractivity (Wildman–Crippen MR) is 71.8 cm³/mol. The maximum Gasteiger partial charge on any atom is 0.139 e. The molecule has 2 nitrogen and oxygen atoms in total. The summed E-state index contributed by atoms with van der Waals surface area (Å²) < 4.78 is 0. The van der Waals surface area contributed by atoms with E-state index in [1.807, 2.05) is 6.07 Å². The Hall–Kier alpha value is -0.730. The molecule has 17 heavy (non-hydrogen) atoms. The van der Waals surface area contributed by atoms with E-state index in [9.17, 15) is 5.11 Å². The van der Waals surface area contributed by atoms with E-state index in [1.54, 1.807) is 0 Å². The fourth-order valence-corrected chi connectivity index (χ4v) is 2.73. The van der Waals surface area contributed by atoms with Gasteiger partial charge in [0.25, 0.3) is 0 Å². The molecule has 1 unspecified atom stereocenters. The molecule has 3 heteroatoms. The Labute approximate surface area is 108 Å². The van der Waals surface area contributed by atoms with Crippen molar-refractivity contribution < 1.29 is 5.11 Å². The van der Waals surface area contributed by atoms with E-state index in [0.29, 0.717) is 10.9 Å². The minimum Gasteiger partial charge on any atom is -0.506 e. The lowest BCUT2D eigenvalue weighted by molar-refractivity contribution is 0.394. The van der Waals surface area contributed by atoms with Gasteiger partial charge in [0.1, 0.15) is 5.75 Å². The molecule has 94 valence electrons. The van der Waals surface area contributed by atoms with Gasteiger partial charge in [-0.25, -0.2) is 0 Å². The van der Waals surface area contributed by atoms with E-state index in [-0.39, 0.29) is 11.3 Å². The van der Waals surface area contributed by atoms with E-state index in [1.165, 1.54) is 5.56 Å². The number of nitrogens with one attached hydrogen (secondary N) is 1. The van der Waals surface area contributed by atoms with Crippen molar-refractivity contribution in [1.82, 2.24) is 5.32 Å². The summed E-state index contributed by atoms with van der Waals surface area (Å²) in [5, 5.41) is 14.1. The van der Waals surface area contributed by atoms with Crippen LogP contribution in [0.2, 0.25) is 5.02 Å². The lowest BCUT2D eigenvalue weighted by Gasteiger charge is -2.27. The minimum absolute atomic E-state index is 0.140. The molecular formula is C14H20ClNO. The predicted octanol–water partition coefficient (Wildman–Crippen LogP) is 3.77. The summed E-state index contributed by atoms with van der Waals surface area (Å²) in [5.41, 5.74) is 1.97. The van der Waals surface area contributed by atoms with E-state index in [2.05, 4.69) is 32.2 Å². The third-order valence-electron chi connectivity index (χ3n) is 3.72. The summed E-state index contributed by atoms with van der Waals surface area (Å²) in [6.07, 6.45) is 2.18. The zero-order chi connectivity index (χ0) is 12.6. The molecule has 1 aliphatic rings. The van der Waals surface area contributed by atoms with Crippen LogP contribution in [-0.4, -0.2) is 11.7 Å². The summed E-state index contributed by atoms with van der Waals surface area (Å²) in [6, 6.07) is 3.95. The Morgan fingerprint density at radius 2 is 2.12 bits per heavy atom. The summed E-state index contributed by atoms with van der Waals surface area (Å²) in [6.45, 7) is 7.41. The highest BCUT2D eigenvalue weighted by Crippen LogP contribution is 2.41. The van der Waals surface area contributed by atoms with Crippen LogP contribution >= 0.6 is 11.6 Å². The molecule has 0 aliphatic carbocycles. The van der Waals surface area contributed by atoms with Gasteiger partial charge in [-0.1, -0.05) is 25.4 Å². The van der Waals surface area contributed by atoms with E-state index in [4.69, 9.17) is 11.6 Å². The normalized spacial score (nSPS) is 24.5. The van der Waals surface area contributed by atoms with Crippen LogP contribution in [0.1, 0.15) is 50.7 Å². The monoisotopic (exact) mass is 253 g/mol. The second-order valence-corrected chi connectivity index (χ2v) is 5.82. The average Bonchev–Trinajstić information content (AvgIpc) is 2.69. The molecular weight excluding hydrogens is 234 g/mol. The van der Waals surface area contributed by atoms with Crippen molar-refractivity contribution in [1.29, 1.82) is 0 Å². The van der Waals surface area contributed by atoms with Crippen LogP contribution in [0.4, 0.5) is 0 Å². The van der Waals surface area contributed by atoms with Crippen LogP contribution in [-0.2, 0) is 5.54 Å². The standard InChI is InChI=1S/C14H20ClNO/c1-9(2)10-7-11(13(17)12(15)8-10)14(3)5-4-6-16-14/h7-9,16-17H,4-6H2,1-3H3. The first-order valence-corrected chi connectivity index (χ1v) is 6.60.